The van der Waals surface area contributed by atoms with Crippen molar-refractivity contribution >= 4 is 0 Å². The number of fused-ring (bicyclic) bond motifs is 2. The Kier molecular flexibility index (Phi) is 3.13. The predicted octanol–water partition coefficient (Wildman–Crippen LogP) is 2.78. The van der Waals surface area contributed by atoms with Gasteiger partial charge in [0.25, 0.3) is 0 Å². The van der Waals surface area contributed by atoms with Crippen LogP contribution in [0.5, 0.6) is 11.5 Å². The Bertz CT molecular complexity index is 465. The van der Waals surface area contributed by atoms with Crippen LogP contribution in [0.15, 0.2) is 18.2 Å². The van der Waals surface area contributed by atoms with E-state index < -0.39 is 5.67 Å². The van der Waals surface area contributed by atoms with Gasteiger partial charge in [-0.15, -0.1) is 0 Å². The number of nitrogens with one attached hydrogen (secondary N) is 1. The fraction of sp³-hybridized carbons (Fsp3) is 0.600. The minimum Gasteiger partial charge on any atom is -0.497 e. The normalized spacial score (nSPS) is 33.2. The lowest BCUT2D eigenvalue weighted by atomic mass is 9.82. The van der Waals surface area contributed by atoms with Crippen LogP contribution in [0.2, 0.25) is 0 Å². The molecule has 2 saturated heterocycles. The quantitative estimate of drug-likeness (QED) is 0.911. The molecule has 19 heavy (non-hydrogen) atoms. The second kappa shape index (κ2) is 4.67. The standard InChI is InChI=1S/C15H20FNO2/c1-18-12-5-6-13(14(7-12)19-2)15(16)8-10-3-4-11(9-15)17-10/h5-7,10-11,17H,3-4,8-9H2,1-2H3. The second-order valence-corrected chi connectivity index (χ2v) is 5.58. The van der Waals surface area contributed by atoms with Gasteiger partial charge in [-0.2, -0.15) is 0 Å². The lowest BCUT2D eigenvalue weighted by Crippen LogP contribution is -2.44. The average Bonchev–Trinajstić information content (AvgIpc) is 2.77. The molecule has 3 rings (SSSR count). The molecule has 2 bridgehead atoms. The molecule has 1 aromatic carbocycles. The van der Waals surface area contributed by atoms with E-state index in [1.807, 2.05) is 12.1 Å². The van der Waals surface area contributed by atoms with Crippen LogP contribution in [0.4, 0.5) is 4.39 Å². The molecule has 2 fully saturated rings. The molecule has 0 aromatic heterocycles. The first-order chi connectivity index (χ1) is 9.14. The van der Waals surface area contributed by atoms with Crippen LogP contribution in [0.1, 0.15) is 31.2 Å². The van der Waals surface area contributed by atoms with E-state index in [1.165, 1.54) is 0 Å². The Morgan fingerprint density at radius 1 is 1.16 bits per heavy atom. The second-order valence-electron chi connectivity index (χ2n) is 5.58. The number of ether oxygens (including phenoxy) is 2. The third-order valence-electron chi connectivity index (χ3n) is 4.37. The van der Waals surface area contributed by atoms with Crippen molar-refractivity contribution in [3.8, 4) is 11.5 Å². The maximum Gasteiger partial charge on any atom is 0.142 e. The summed E-state index contributed by atoms with van der Waals surface area (Å²) in [7, 11) is 3.18. The van der Waals surface area contributed by atoms with E-state index in [0.717, 1.165) is 12.8 Å². The van der Waals surface area contributed by atoms with Gasteiger partial charge in [0.2, 0.25) is 0 Å². The summed E-state index contributed by atoms with van der Waals surface area (Å²) in [5.74, 6) is 1.28. The number of rotatable bonds is 3. The van der Waals surface area contributed by atoms with Crippen LogP contribution in [0.3, 0.4) is 0 Å². The lowest BCUT2D eigenvalue weighted by Gasteiger charge is -2.36. The Hall–Kier alpha value is -1.29. The van der Waals surface area contributed by atoms with E-state index in [0.29, 0.717) is 42.0 Å². The molecule has 4 heteroatoms. The molecule has 2 aliphatic rings. The van der Waals surface area contributed by atoms with E-state index >= 15 is 4.39 Å². The van der Waals surface area contributed by atoms with Crippen LogP contribution >= 0.6 is 0 Å². The fourth-order valence-electron chi connectivity index (χ4n) is 3.48. The van der Waals surface area contributed by atoms with Crippen molar-refractivity contribution in [2.45, 2.75) is 43.4 Å². The Morgan fingerprint density at radius 2 is 1.84 bits per heavy atom. The van der Waals surface area contributed by atoms with Crippen LogP contribution in [0, 0.1) is 0 Å². The first-order valence-electron chi connectivity index (χ1n) is 6.82. The number of hydrogen-bond donors (Lipinski definition) is 1. The zero-order valence-corrected chi connectivity index (χ0v) is 11.4. The summed E-state index contributed by atoms with van der Waals surface area (Å²) in [6, 6.07) is 5.98. The molecule has 0 spiro atoms. The van der Waals surface area contributed by atoms with Gasteiger partial charge in [-0.3, -0.25) is 0 Å². The van der Waals surface area contributed by atoms with E-state index in [4.69, 9.17) is 9.47 Å². The van der Waals surface area contributed by atoms with Crippen LogP contribution in [-0.2, 0) is 5.67 Å². The molecule has 104 valence electrons. The largest absolute Gasteiger partial charge is 0.497 e. The topological polar surface area (TPSA) is 30.5 Å². The minimum atomic E-state index is -1.28. The molecule has 2 heterocycles. The molecular weight excluding hydrogens is 245 g/mol. The van der Waals surface area contributed by atoms with Gasteiger partial charge in [-0.05, 0) is 25.0 Å². The number of methoxy groups -OCH3 is 2. The summed E-state index contributed by atoms with van der Waals surface area (Å²) in [4.78, 5) is 0. The molecule has 3 nitrogen and oxygen atoms in total. The smallest absolute Gasteiger partial charge is 0.142 e. The first kappa shape index (κ1) is 12.7. The van der Waals surface area contributed by atoms with Gasteiger partial charge in [-0.1, -0.05) is 0 Å². The monoisotopic (exact) mass is 265 g/mol. The molecule has 0 saturated carbocycles. The number of halogens is 1. The third kappa shape index (κ3) is 2.18. The molecule has 2 atom stereocenters. The minimum absolute atomic E-state index is 0.301. The Balaban J connectivity index is 1.96. The van der Waals surface area contributed by atoms with Gasteiger partial charge in [0.15, 0.2) is 0 Å². The average molecular weight is 265 g/mol. The van der Waals surface area contributed by atoms with Gasteiger partial charge in [0.1, 0.15) is 17.2 Å². The highest BCUT2D eigenvalue weighted by Crippen LogP contribution is 2.47. The summed E-state index contributed by atoms with van der Waals surface area (Å²) in [6.45, 7) is 0. The molecule has 1 aromatic rings. The molecule has 1 N–H and O–H groups in total. The van der Waals surface area contributed by atoms with E-state index in [-0.39, 0.29) is 0 Å². The van der Waals surface area contributed by atoms with Gasteiger partial charge >= 0.3 is 0 Å². The summed E-state index contributed by atoms with van der Waals surface area (Å²) in [5.41, 5.74) is -0.622. The lowest BCUT2D eigenvalue weighted by molar-refractivity contribution is 0.0842. The van der Waals surface area contributed by atoms with Gasteiger partial charge < -0.3 is 14.8 Å². The van der Waals surface area contributed by atoms with Crippen molar-refractivity contribution in [3.63, 3.8) is 0 Å². The van der Waals surface area contributed by atoms with Crippen molar-refractivity contribution in [1.82, 2.24) is 5.32 Å². The van der Waals surface area contributed by atoms with Gasteiger partial charge in [0.05, 0.1) is 14.2 Å². The zero-order valence-electron chi connectivity index (χ0n) is 11.4. The molecule has 2 aliphatic heterocycles. The number of piperidine rings is 1. The molecule has 0 amide bonds. The molecule has 0 aliphatic carbocycles. The van der Waals surface area contributed by atoms with E-state index in [1.54, 1.807) is 20.3 Å². The van der Waals surface area contributed by atoms with Crippen LogP contribution in [0.25, 0.3) is 0 Å². The number of hydrogen-bond acceptors (Lipinski definition) is 3. The van der Waals surface area contributed by atoms with Crippen molar-refractivity contribution in [2.75, 3.05) is 14.2 Å². The Morgan fingerprint density at radius 3 is 2.42 bits per heavy atom. The fourth-order valence-corrected chi connectivity index (χ4v) is 3.48. The maximum absolute atomic E-state index is 15.4. The number of alkyl halides is 1. The third-order valence-corrected chi connectivity index (χ3v) is 4.37. The summed E-state index contributed by atoms with van der Waals surface area (Å²) < 4.78 is 25.9. The van der Waals surface area contributed by atoms with Crippen molar-refractivity contribution < 1.29 is 13.9 Å². The highest BCUT2D eigenvalue weighted by atomic mass is 19.1. The van der Waals surface area contributed by atoms with Crippen LogP contribution in [-0.4, -0.2) is 26.3 Å². The van der Waals surface area contributed by atoms with E-state index in [9.17, 15) is 0 Å². The zero-order chi connectivity index (χ0) is 13.5. The SMILES string of the molecule is COc1ccc(C2(F)CC3CCC(C2)N3)c(OC)c1. The predicted molar refractivity (Wildman–Crippen MR) is 71.5 cm³/mol. The Labute approximate surface area is 113 Å². The summed E-state index contributed by atoms with van der Waals surface area (Å²) in [5, 5.41) is 3.47. The van der Waals surface area contributed by atoms with Gasteiger partial charge in [-0.25, -0.2) is 4.39 Å². The van der Waals surface area contributed by atoms with Crippen molar-refractivity contribution in [3.05, 3.63) is 23.8 Å². The highest BCUT2D eigenvalue weighted by Gasteiger charge is 2.46. The van der Waals surface area contributed by atoms with E-state index in [2.05, 4.69) is 5.32 Å². The highest BCUT2D eigenvalue weighted by molar-refractivity contribution is 5.44. The van der Waals surface area contributed by atoms with Crippen molar-refractivity contribution in [2.24, 2.45) is 0 Å². The molecular formula is C15H20FNO2. The maximum atomic E-state index is 15.4. The molecule has 0 radical (unpaired) electrons. The first-order valence-corrected chi connectivity index (χ1v) is 6.82. The van der Waals surface area contributed by atoms with Crippen LogP contribution < -0.4 is 14.8 Å². The van der Waals surface area contributed by atoms with Gasteiger partial charge in [0, 0.05) is 36.6 Å². The summed E-state index contributed by atoms with van der Waals surface area (Å²) >= 11 is 0. The van der Waals surface area contributed by atoms with Crippen molar-refractivity contribution in [1.29, 1.82) is 0 Å². The summed E-state index contributed by atoms with van der Waals surface area (Å²) in [6.07, 6.45) is 3.22. The molecule has 2 unspecified atom stereocenters. The number of benzene rings is 1.